The van der Waals surface area contributed by atoms with Gasteiger partial charge in [-0.15, -0.1) is 0 Å². The van der Waals surface area contributed by atoms with Gasteiger partial charge in [-0.2, -0.15) is 0 Å². The highest BCUT2D eigenvalue weighted by Crippen LogP contribution is 2.25. The summed E-state index contributed by atoms with van der Waals surface area (Å²) in [5.41, 5.74) is 1.83. The lowest BCUT2D eigenvalue weighted by Gasteiger charge is -2.25. The van der Waals surface area contributed by atoms with Crippen LogP contribution in [0.4, 0.5) is 11.5 Å². The van der Waals surface area contributed by atoms with Gasteiger partial charge in [0.2, 0.25) is 5.91 Å². The number of nitrogens with one attached hydrogen (secondary N) is 2. The highest BCUT2D eigenvalue weighted by molar-refractivity contribution is 6.02. The number of hydrogen-bond donors (Lipinski definition) is 2. The molecular formula is C11H15N3O. The van der Waals surface area contributed by atoms with Gasteiger partial charge in [0, 0.05) is 6.20 Å². The Morgan fingerprint density at radius 1 is 1.53 bits per heavy atom. The molecule has 0 fully saturated rings. The molecule has 0 aromatic carbocycles. The SMILES string of the molecule is CCCC1Nc2ncc(C)cc2NC1=O. The molecule has 1 aromatic heterocycles. The molecule has 2 heterocycles. The number of nitrogens with zero attached hydrogens (tertiary/aromatic N) is 1. The van der Waals surface area contributed by atoms with Crippen molar-refractivity contribution in [3.63, 3.8) is 0 Å². The number of hydrogen-bond acceptors (Lipinski definition) is 3. The molecule has 1 aromatic rings. The van der Waals surface area contributed by atoms with E-state index in [1.165, 1.54) is 0 Å². The first-order valence-electron chi connectivity index (χ1n) is 5.24. The number of carbonyl (C=O) groups is 1. The van der Waals surface area contributed by atoms with Crippen molar-refractivity contribution in [2.75, 3.05) is 10.6 Å². The van der Waals surface area contributed by atoms with Crippen LogP contribution in [0.15, 0.2) is 12.3 Å². The molecule has 15 heavy (non-hydrogen) atoms. The van der Waals surface area contributed by atoms with Crippen molar-refractivity contribution < 1.29 is 4.79 Å². The van der Waals surface area contributed by atoms with E-state index in [-0.39, 0.29) is 11.9 Å². The molecular weight excluding hydrogens is 190 g/mol. The van der Waals surface area contributed by atoms with E-state index in [1.807, 2.05) is 13.0 Å². The molecule has 2 N–H and O–H groups in total. The predicted octanol–water partition coefficient (Wildman–Crippen LogP) is 1.92. The second kappa shape index (κ2) is 3.88. The summed E-state index contributed by atoms with van der Waals surface area (Å²) < 4.78 is 0. The van der Waals surface area contributed by atoms with E-state index < -0.39 is 0 Å². The molecule has 0 radical (unpaired) electrons. The number of rotatable bonds is 2. The van der Waals surface area contributed by atoms with E-state index in [0.717, 1.165) is 29.9 Å². The van der Waals surface area contributed by atoms with E-state index in [2.05, 4.69) is 22.5 Å². The highest BCUT2D eigenvalue weighted by Gasteiger charge is 2.25. The van der Waals surface area contributed by atoms with Gasteiger partial charge in [0.15, 0.2) is 0 Å². The summed E-state index contributed by atoms with van der Waals surface area (Å²) in [5, 5.41) is 6.02. The molecule has 4 nitrogen and oxygen atoms in total. The fourth-order valence-corrected chi connectivity index (χ4v) is 1.72. The fourth-order valence-electron chi connectivity index (χ4n) is 1.72. The maximum absolute atomic E-state index is 11.7. The summed E-state index contributed by atoms with van der Waals surface area (Å²) >= 11 is 0. The van der Waals surface area contributed by atoms with Gasteiger partial charge in [0.25, 0.3) is 0 Å². The Bertz CT molecular complexity index is 389. The maximum Gasteiger partial charge on any atom is 0.247 e. The summed E-state index contributed by atoms with van der Waals surface area (Å²) in [6.45, 7) is 4.02. The van der Waals surface area contributed by atoms with Crippen LogP contribution in [0.1, 0.15) is 25.3 Å². The molecule has 1 unspecified atom stereocenters. The van der Waals surface area contributed by atoms with Crippen molar-refractivity contribution in [1.82, 2.24) is 4.98 Å². The first kappa shape index (κ1) is 9.96. The Labute approximate surface area is 89.1 Å². The van der Waals surface area contributed by atoms with Gasteiger partial charge >= 0.3 is 0 Å². The number of aryl methyl sites for hydroxylation is 1. The van der Waals surface area contributed by atoms with Gasteiger partial charge < -0.3 is 10.6 Å². The smallest absolute Gasteiger partial charge is 0.247 e. The summed E-state index contributed by atoms with van der Waals surface area (Å²) in [7, 11) is 0. The van der Waals surface area contributed by atoms with Crippen LogP contribution in [0.25, 0.3) is 0 Å². The van der Waals surface area contributed by atoms with E-state index in [4.69, 9.17) is 0 Å². The number of aromatic nitrogens is 1. The zero-order valence-electron chi connectivity index (χ0n) is 9.00. The summed E-state index contributed by atoms with van der Waals surface area (Å²) in [4.78, 5) is 15.9. The van der Waals surface area contributed by atoms with Crippen molar-refractivity contribution in [2.24, 2.45) is 0 Å². The highest BCUT2D eigenvalue weighted by atomic mass is 16.2. The van der Waals surface area contributed by atoms with Crippen LogP contribution in [0, 0.1) is 6.92 Å². The van der Waals surface area contributed by atoms with Crippen LogP contribution >= 0.6 is 0 Å². The Morgan fingerprint density at radius 2 is 2.33 bits per heavy atom. The van der Waals surface area contributed by atoms with Crippen LogP contribution in [0.3, 0.4) is 0 Å². The minimum atomic E-state index is -0.141. The van der Waals surface area contributed by atoms with Crippen LogP contribution in [0.5, 0.6) is 0 Å². The summed E-state index contributed by atoms with van der Waals surface area (Å²) in [5.74, 6) is 0.815. The number of anilines is 2. The van der Waals surface area contributed by atoms with Crippen molar-refractivity contribution >= 4 is 17.4 Å². The molecule has 1 atom stereocenters. The summed E-state index contributed by atoms with van der Waals surface area (Å²) in [6, 6.07) is 1.78. The average Bonchev–Trinajstić information content (AvgIpc) is 2.20. The first-order valence-corrected chi connectivity index (χ1v) is 5.24. The Kier molecular flexibility index (Phi) is 2.58. The molecule has 0 aliphatic carbocycles. The zero-order chi connectivity index (χ0) is 10.8. The van der Waals surface area contributed by atoms with Crippen molar-refractivity contribution in [3.8, 4) is 0 Å². The second-order valence-corrected chi connectivity index (χ2v) is 3.88. The van der Waals surface area contributed by atoms with Crippen molar-refractivity contribution in [2.45, 2.75) is 32.7 Å². The lowest BCUT2D eigenvalue weighted by molar-refractivity contribution is -0.117. The zero-order valence-corrected chi connectivity index (χ0v) is 9.00. The van der Waals surface area contributed by atoms with E-state index in [9.17, 15) is 4.79 Å². The topological polar surface area (TPSA) is 54.0 Å². The van der Waals surface area contributed by atoms with Crippen molar-refractivity contribution in [3.05, 3.63) is 17.8 Å². The quantitative estimate of drug-likeness (QED) is 0.775. The molecule has 1 aliphatic heterocycles. The second-order valence-electron chi connectivity index (χ2n) is 3.88. The lowest BCUT2D eigenvalue weighted by atomic mass is 10.1. The number of fused-ring (bicyclic) bond motifs is 1. The molecule has 0 bridgehead atoms. The van der Waals surface area contributed by atoms with E-state index in [1.54, 1.807) is 6.20 Å². The summed E-state index contributed by atoms with van der Waals surface area (Å²) in [6.07, 6.45) is 3.61. The molecule has 4 heteroatoms. The largest absolute Gasteiger partial charge is 0.357 e. The van der Waals surface area contributed by atoms with Gasteiger partial charge in [-0.1, -0.05) is 13.3 Å². The molecule has 2 rings (SSSR count). The predicted molar refractivity (Wildman–Crippen MR) is 59.9 cm³/mol. The molecule has 0 spiro atoms. The number of pyridine rings is 1. The van der Waals surface area contributed by atoms with Gasteiger partial charge in [0.1, 0.15) is 11.9 Å². The monoisotopic (exact) mass is 205 g/mol. The Hall–Kier alpha value is -1.58. The van der Waals surface area contributed by atoms with Gasteiger partial charge in [-0.05, 0) is 25.0 Å². The van der Waals surface area contributed by atoms with E-state index in [0.29, 0.717) is 0 Å². The van der Waals surface area contributed by atoms with Gasteiger partial charge in [-0.3, -0.25) is 4.79 Å². The first-order chi connectivity index (χ1) is 7.20. The van der Waals surface area contributed by atoms with Gasteiger partial charge in [-0.25, -0.2) is 4.98 Å². The molecule has 0 saturated carbocycles. The van der Waals surface area contributed by atoms with Crippen LogP contribution in [0.2, 0.25) is 0 Å². The lowest BCUT2D eigenvalue weighted by Crippen LogP contribution is -2.39. The van der Waals surface area contributed by atoms with Crippen LogP contribution in [-0.4, -0.2) is 16.9 Å². The molecule has 80 valence electrons. The standard InChI is InChI=1S/C11H15N3O/c1-3-4-8-11(15)14-9-5-7(2)6-12-10(9)13-8/h5-6,8H,3-4H2,1-2H3,(H,12,13)(H,14,15). The minimum Gasteiger partial charge on any atom is -0.357 e. The number of amides is 1. The average molecular weight is 205 g/mol. The number of carbonyl (C=O) groups excluding carboxylic acids is 1. The van der Waals surface area contributed by atoms with Crippen LogP contribution < -0.4 is 10.6 Å². The fraction of sp³-hybridized carbons (Fsp3) is 0.455. The minimum absolute atomic E-state index is 0.0387. The van der Waals surface area contributed by atoms with Crippen molar-refractivity contribution in [1.29, 1.82) is 0 Å². The third kappa shape index (κ3) is 1.93. The normalized spacial score (nSPS) is 19.1. The molecule has 1 amide bonds. The van der Waals surface area contributed by atoms with Crippen LogP contribution in [-0.2, 0) is 4.79 Å². The Balaban J connectivity index is 2.26. The third-order valence-electron chi connectivity index (χ3n) is 2.49. The maximum atomic E-state index is 11.7. The third-order valence-corrected chi connectivity index (χ3v) is 2.49. The Morgan fingerprint density at radius 3 is 3.07 bits per heavy atom. The van der Waals surface area contributed by atoms with Gasteiger partial charge in [0.05, 0.1) is 5.69 Å². The molecule has 1 aliphatic rings. The molecule has 0 saturated heterocycles. The van der Waals surface area contributed by atoms with E-state index >= 15 is 0 Å².